The Labute approximate surface area is 149 Å². The molecule has 1 N–H and O–H groups in total. The van der Waals surface area contributed by atoms with E-state index >= 15 is 0 Å². The van der Waals surface area contributed by atoms with Gasteiger partial charge in [-0.3, -0.25) is 9.78 Å². The van der Waals surface area contributed by atoms with Gasteiger partial charge in [-0.25, -0.2) is 4.68 Å². The van der Waals surface area contributed by atoms with Crippen molar-refractivity contribution in [3.8, 4) is 5.69 Å². The van der Waals surface area contributed by atoms with Gasteiger partial charge in [0, 0.05) is 23.0 Å². The summed E-state index contributed by atoms with van der Waals surface area (Å²) >= 11 is 1.44. The Bertz CT molecular complexity index is 1070. The first-order chi connectivity index (χ1) is 12.1. The third-order valence-corrected chi connectivity index (χ3v) is 5.03. The van der Waals surface area contributed by atoms with Gasteiger partial charge in [-0.15, -0.1) is 11.3 Å². The average Bonchev–Trinajstić information content (AvgIpc) is 3.17. The molecule has 0 aliphatic heterocycles. The molecule has 0 atom stereocenters. The second-order valence-corrected chi connectivity index (χ2v) is 6.83. The molecule has 0 radical (unpaired) electrons. The minimum Gasteiger partial charge on any atom is -0.321 e. The molecule has 6 heteroatoms. The number of aromatic nitrogens is 3. The van der Waals surface area contributed by atoms with Crippen LogP contribution in [0.2, 0.25) is 0 Å². The molecule has 0 aliphatic carbocycles. The molecule has 0 saturated heterocycles. The van der Waals surface area contributed by atoms with Crippen molar-refractivity contribution in [3.05, 3.63) is 71.0 Å². The summed E-state index contributed by atoms with van der Waals surface area (Å²) in [6, 6.07) is 15.5. The number of aryl methyl sites for hydroxylation is 2. The Balaban J connectivity index is 1.71. The molecule has 4 aromatic rings. The maximum absolute atomic E-state index is 12.6. The fourth-order valence-electron chi connectivity index (χ4n) is 2.72. The molecule has 1 aromatic carbocycles. The van der Waals surface area contributed by atoms with Crippen LogP contribution in [0.3, 0.4) is 0 Å². The summed E-state index contributed by atoms with van der Waals surface area (Å²) in [7, 11) is 0. The van der Waals surface area contributed by atoms with Crippen molar-refractivity contribution in [2.45, 2.75) is 13.8 Å². The number of pyridine rings is 1. The van der Waals surface area contributed by atoms with Gasteiger partial charge in [0.05, 0.1) is 16.3 Å². The molecule has 0 fully saturated rings. The first kappa shape index (κ1) is 15.5. The summed E-state index contributed by atoms with van der Waals surface area (Å²) in [5.74, 6) is -0.120. The zero-order chi connectivity index (χ0) is 17.4. The van der Waals surface area contributed by atoms with E-state index in [9.17, 15) is 4.79 Å². The normalized spacial score (nSPS) is 11.0. The van der Waals surface area contributed by atoms with E-state index in [-0.39, 0.29) is 5.91 Å². The lowest BCUT2D eigenvalue weighted by Crippen LogP contribution is -2.10. The highest BCUT2D eigenvalue weighted by molar-refractivity contribution is 7.20. The summed E-state index contributed by atoms with van der Waals surface area (Å²) in [6.07, 6.45) is 1.69. The number of fused-ring (bicyclic) bond motifs is 1. The third kappa shape index (κ3) is 2.92. The Morgan fingerprint density at radius 3 is 2.68 bits per heavy atom. The van der Waals surface area contributed by atoms with Crippen molar-refractivity contribution < 1.29 is 4.79 Å². The molecule has 0 spiro atoms. The van der Waals surface area contributed by atoms with Crippen LogP contribution in [0.5, 0.6) is 0 Å². The average molecular weight is 348 g/mol. The number of thiophene rings is 1. The molecule has 3 heterocycles. The van der Waals surface area contributed by atoms with Crippen LogP contribution >= 0.6 is 11.3 Å². The summed E-state index contributed by atoms with van der Waals surface area (Å²) in [6.45, 7) is 3.86. The monoisotopic (exact) mass is 348 g/mol. The summed E-state index contributed by atoms with van der Waals surface area (Å²) in [5, 5.41) is 8.54. The first-order valence-electron chi connectivity index (χ1n) is 7.90. The second-order valence-electron chi connectivity index (χ2n) is 5.80. The Hall–Kier alpha value is -2.99. The SMILES string of the molecule is Cc1cc(NC(=O)c2cc3c(C)nn(-c4ccccc4)c3s2)ccn1. The Morgan fingerprint density at radius 2 is 1.92 bits per heavy atom. The number of nitrogens with one attached hydrogen (secondary N) is 1. The van der Waals surface area contributed by atoms with Crippen molar-refractivity contribution >= 4 is 33.1 Å². The molecule has 0 unspecified atom stereocenters. The van der Waals surface area contributed by atoms with Crippen LogP contribution in [-0.4, -0.2) is 20.7 Å². The van der Waals surface area contributed by atoms with Gasteiger partial charge in [0.25, 0.3) is 5.91 Å². The van der Waals surface area contributed by atoms with Gasteiger partial charge < -0.3 is 5.32 Å². The maximum atomic E-state index is 12.6. The number of carbonyl (C=O) groups is 1. The van der Waals surface area contributed by atoms with Crippen LogP contribution in [0.1, 0.15) is 21.1 Å². The smallest absolute Gasteiger partial charge is 0.265 e. The van der Waals surface area contributed by atoms with E-state index in [1.165, 1.54) is 11.3 Å². The summed E-state index contributed by atoms with van der Waals surface area (Å²) < 4.78 is 1.89. The molecular weight excluding hydrogens is 332 g/mol. The molecule has 0 bridgehead atoms. The van der Waals surface area contributed by atoms with E-state index in [1.807, 2.05) is 61.0 Å². The minimum atomic E-state index is -0.120. The van der Waals surface area contributed by atoms with Gasteiger partial charge in [0.1, 0.15) is 4.83 Å². The molecule has 124 valence electrons. The van der Waals surface area contributed by atoms with Crippen molar-refractivity contribution in [1.82, 2.24) is 14.8 Å². The highest BCUT2D eigenvalue weighted by atomic mass is 32.1. The molecule has 25 heavy (non-hydrogen) atoms. The molecule has 0 saturated carbocycles. The van der Waals surface area contributed by atoms with Crippen LogP contribution in [-0.2, 0) is 0 Å². The quantitative estimate of drug-likeness (QED) is 0.599. The third-order valence-electron chi connectivity index (χ3n) is 3.92. The number of hydrogen-bond donors (Lipinski definition) is 1. The second kappa shape index (κ2) is 6.14. The van der Waals surface area contributed by atoms with Crippen LogP contribution in [0.4, 0.5) is 5.69 Å². The number of anilines is 1. The highest BCUT2D eigenvalue weighted by Crippen LogP contribution is 2.30. The van der Waals surface area contributed by atoms with Crippen molar-refractivity contribution in [2.24, 2.45) is 0 Å². The maximum Gasteiger partial charge on any atom is 0.265 e. The van der Waals surface area contributed by atoms with Crippen LogP contribution in [0.15, 0.2) is 54.7 Å². The lowest BCUT2D eigenvalue weighted by molar-refractivity contribution is 0.103. The standard InChI is InChI=1S/C19H16N4OS/c1-12-10-14(8-9-20-12)21-18(24)17-11-16-13(2)22-23(19(16)25-17)15-6-4-3-5-7-15/h3-11H,1-2H3,(H,20,21,24). The lowest BCUT2D eigenvalue weighted by Gasteiger charge is -2.04. The number of hydrogen-bond acceptors (Lipinski definition) is 4. The van der Waals surface area contributed by atoms with Gasteiger partial charge in [-0.05, 0) is 44.2 Å². The number of nitrogens with zero attached hydrogens (tertiary/aromatic N) is 3. The van der Waals surface area contributed by atoms with Crippen molar-refractivity contribution in [2.75, 3.05) is 5.32 Å². The van der Waals surface area contributed by atoms with Crippen LogP contribution in [0, 0.1) is 13.8 Å². The summed E-state index contributed by atoms with van der Waals surface area (Å²) in [5.41, 5.74) is 3.51. The number of para-hydroxylation sites is 1. The summed E-state index contributed by atoms with van der Waals surface area (Å²) in [4.78, 5) is 18.4. The predicted molar refractivity (Wildman–Crippen MR) is 101 cm³/mol. The van der Waals surface area contributed by atoms with Gasteiger partial charge >= 0.3 is 0 Å². The molecule has 5 nitrogen and oxygen atoms in total. The van der Waals surface area contributed by atoms with E-state index in [0.717, 1.165) is 33.0 Å². The van der Waals surface area contributed by atoms with E-state index in [2.05, 4.69) is 15.4 Å². The molecule has 0 aliphatic rings. The number of rotatable bonds is 3. The lowest BCUT2D eigenvalue weighted by atomic mass is 10.3. The number of amides is 1. The Morgan fingerprint density at radius 1 is 1.12 bits per heavy atom. The fourth-order valence-corrected chi connectivity index (χ4v) is 3.80. The van der Waals surface area contributed by atoms with E-state index in [4.69, 9.17) is 0 Å². The first-order valence-corrected chi connectivity index (χ1v) is 8.72. The van der Waals surface area contributed by atoms with Crippen LogP contribution in [0.25, 0.3) is 15.9 Å². The largest absolute Gasteiger partial charge is 0.321 e. The van der Waals surface area contributed by atoms with E-state index in [0.29, 0.717) is 4.88 Å². The topological polar surface area (TPSA) is 59.8 Å². The van der Waals surface area contributed by atoms with Gasteiger partial charge in [-0.1, -0.05) is 18.2 Å². The number of benzene rings is 1. The molecule has 4 rings (SSSR count). The highest BCUT2D eigenvalue weighted by Gasteiger charge is 2.17. The van der Waals surface area contributed by atoms with Gasteiger partial charge in [-0.2, -0.15) is 5.10 Å². The van der Waals surface area contributed by atoms with Crippen LogP contribution < -0.4 is 5.32 Å². The number of carbonyl (C=O) groups excluding carboxylic acids is 1. The molecule has 1 amide bonds. The van der Waals surface area contributed by atoms with Gasteiger partial charge in [0.15, 0.2) is 0 Å². The zero-order valence-corrected chi connectivity index (χ0v) is 14.7. The Kier molecular flexibility index (Phi) is 3.82. The van der Waals surface area contributed by atoms with Gasteiger partial charge in [0.2, 0.25) is 0 Å². The van der Waals surface area contributed by atoms with E-state index < -0.39 is 0 Å². The predicted octanol–water partition coefficient (Wildman–Crippen LogP) is 4.35. The molecular formula is C19H16N4OS. The van der Waals surface area contributed by atoms with Crippen molar-refractivity contribution in [1.29, 1.82) is 0 Å². The minimum absolute atomic E-state index is 0.120. The zero-order valence-electron chi connectivity index (χ0n) is 13.9. The van der Waals surface area contributed by atoms with E-state index in [1.54, 1.807) is 12.3 Å². The molecule has 3 aromatic heterocycles. The van der Waals surface area contributed by atoms with Crippen molar-refractivity contribution in [3.63, 3.8) is 0 Å². The fraction of sp³-hybridized carbons (Fsp3) is 0.105.